The van der Waals surface area contributed by atoms with Crippen molar-refractivity contribution in [1.29, 1.82) is 0 Å². The zero-order valence-electron chi connectivity index (χ0n) is 20.3. The van der Waals surface area contributed by atoms with Gasteiger partial charge in [0, 0.05) is 0 Å². The lowest BCUT2D eigenvalue weighted by Crippen LogP contribution is -2.40. The first-order chi connectivity index (χ1) is 17.5. The van der Waals surface area contributed by atoms with Gasteiger partial charge < -0.3 is 14.2 Å². The molecule has 0 amide bonds. The van der Waals surface area contributed by atoms with Gasteiger partial charge >= 0.3 is 5.97 Å². The molecular weight excluding hydrogens is 476 g/mol. The van der Waals surface area contributed by atoms with Crippen molar-refractivity contribution in [2.45, 2.75) is 26.3 Å². The van der Waals surface area contributed by atoms with Crippen molar-refractivity contribution in [1.82, 2.24) is 4.57 Å². The van der Waals surface area contributed by atoms with Gasteiger partial charge in [0.15, 0.2) is 16.3 Å². The minimum atomic E-state index is -0.634. The van der Waals surface area contributed by atoms with Crippen LogP contribution in [0.5, 0.6) is 11.5 Å². The van der Waals surface area contributed by atoms with Gasteiger partial charge in [-0.05, 0) is 42.7 Å². The van der Waals surface area contributed by atoms with Gasteiger partial charge in [0.25, 0.3) is 5.56 Å². The second-order valence-electron chi connectivity index (χ2n) is 7.83. The Morgan fingerprint density at radius 1 is 1.17 bits per heavy atom. The van der Waals surface area contributed by atoms with Crippen LogP contribution in [0.1, 0.15) is 37.4 Å². The number of aromatic nitrogens is 1. The smallest absolute Gasteiger partial charge is 0.338 e. The van der Waals surface area contributed by atoms with Crippen molar-refractivity contribution in [3.63, 3.8) is 0 Å². The number of benzene rings is 2. The fourth-order valence-corrected chi connectivity index (χ4v) is 5.11. The van der Waals surface area contributed by atoms with Crippen molar-refractivity contribution in [2.75, 3.05) is 20.3 Å². The molecule has 36 heavy (non-hydrogen) atoms. The Labute approximate surface area is 213 Å². The molecule has 8 heteroatoms. The fourth-order valence-electron chi connectivity index (χ4n) is 4.09. The average molecular weight is 503 g/mol. The van der Waals surface area contributed by atoms with Gasteiger partial charge in [-0.2, -0.15) is 0 Å². The summed E-state index contributed by atoms with van der Waals surface area (Å²) < 4.78 is 18.4. The number of allylic oxidation sites excluding steroid dienone is 1. The van der Waals surface area contributed by atoms with Crippen molar-refractivity contribution in [2.24, 2.45) is 4.99 Å². The first-order valence-electron chi connectivity index (χ1n) is 11.5. The predicted molar refractivity (Wildman–Crippen MR) is 139 cm³/mol. The van der Waals surface area contributed by atoms with Crippen molar-refractivity contribution in [3.05, 3.63) is 90.6 Å². The van der Waals surface area contributed by atoms with E-state index in [0.29, 0.717) is 45.1 Å². The summed E-state index contributed by atoms with van der Waals surface area (Å²) in [5.41, 5.74) is 2.31. The van der Waals surface area contributed by atoms with Crippen LogP contribution in [0.15, 0.2) is 69.6 Å². The zero-order chi connectivity index (χ0) is 25.7. The minimum Gasteiger partial charge on any atom is -0.490 e. The second-order valence-corrected chi connectivity index (χ2v) is 8.84. The van der Waals surface area contributed by atoms with Crippen LogP contribution in [0.25, 0.3) is 6.08 Å². The van der Waals surface area contributed by atoms with Gasteiger partial charge in [-0.3, -0.25) is 9.36 Å². The molecule has 4 rings (SSSR count). The van der Waals surface area contributed by atoms with Crippen LogP contribution < -0.4 is 24.4 Å². The van der Waals surface area contributed by atoms with Crippen LogP contribution in [-0.2, 0) is 9.53 Å². The average Bonchev–Trinajstić information content (AvgIpc) is 3.21. The highest BCUT2D eigenvalue weighted by molar-refractivity contribution is 7.07. The minimum absolute atomic E-state index is 0.125. The highest BCUT2D eigenvalue weighted by Gasteiger charge is 2.33. The molecule has 0 unspecified atom stereocenters. The van der Waals surface area contributed by atoms with E-state index in [0.717, 1.165) is 11.1 Å². The highest BCUT2D eigenvalue weighted by Crippen LogP contribution is 2.32. The van der Waals surface area contributed by atoms with E-state index >= 15 is 0 Å². The number of hydrogen-bond donors (Lipinski definition) is 0. The Balaban J connectivity index is 1.89. The quantitative estimate of drug-likeness (QED) is 0.349. The number of terminal acetylenes is 1. The number of ether oxygens (including phenoxy) is 3. The maximum atomic E-state index is 13.7. The first-order valence-corrected chi connectivity index (χ1v) is 12.3. The molecule has 0 aliphatic carbocycles. The first kappa shape index (κ1) is 25.0. The van der Waals surface area contributed by atoms with E-state index in [1.165, 1.54) is 18.4 Å². The third kappa shape index (κ3) is 4.83. The molecule has 1 aromatic heterocycles. The molecule has 3 aromatic rings. The lowest BCUT2D eigenvalue weighted by Gasteiger charge is -2.25. The van der Waals surface area contributed by atoms with E-state index in [1.54, 1.807) is 22.8 Å². The maximum absolute atomic E-state index is 13.7. The van der Waals surface area contributed by atoms with E-state index in [4.69, 9.17) is 20.6 Å². The maximum Gasteiger partial charge on any atom is 0.338 e. The molecule has 7 nitrogen and oxygen atoms in total. The molecule has 184 valence electrons. The van der Waals surface area contributed by atoms with Crippen LogP contribution in [0, 0.1) is 12.3 Å². The summed E-state index contributed by atoms with van der Waals surface area (Å²) in [6.07, 6.45) is 7.62. The topological polar surface area (TPSA) is 79.1 Å². The molecule has 1 aliphatic heterocycles. The van der Waals surface area contributed by atoms with Gasteiger partial charge in [-0.25, -0.2) is 9.79 Å². The molecule has 0 radical (unpaired) electrons. The molecule has 1 atom stereocenters. The van der Waals surface area contributed by atoms with E-state index in [-0.39, 0.29) is 12.2 Å². The second kappa shape index (κ2) is 11.1. The zero-order valence-corrected chi connectivity index (χ0v) is 21.1. The number of methoxy groups -OCH3 is 1. The number of carbonyl (C=O) groups excluding carboxylic acids is 1. The summed E-state index contributed by atoms with van der Waals surface area (Å²) in [4.78, 5) is 31.8. The summed E-state index contributed by atoms with van der Waals surface area (Å²) >= 11 is 1.28. The van der Waals surface area contributed by atoms with E-state index in [2.05, 4.69) is 10.9 Å². The third-order valence-electron chi connectivity index (χ3n) is 5.64. The van der Waals surface area contributed by atoms with Gasteiger partial charge in [0.05, 0.1) is 35.6 Å². The number of rotatable bonds is 8. The molecule has 0 fully saturated rings. The van der Waals surface area contributed by atoms with Crippen LogP contribution >= 0.6 is 11.3 Å². The Bertz CT molecular complexity index is 1530. The van der Waals surface area contributed by atoms with Gasteiger partial charge in [-0.1, -0.05) is 60.6 Å². The molecule has 0 bridgehead atoms. The Morgan fingerprint density at radius 2 is 1.94 bits per heavy atom. The van der Waals surface area contributed by atoms with Gasteiger partial charge in [0.1, 0.15) is 6.61 Å². The van der Waals surface area contributed by atoms with Gasteiger partial charge in [-0.15, -0.1) is 6.42 Å². The van der Waals surface area contributed by atoms with E-state index in [9.17, 15) is 9.59 Å². The van der Waals surface area contributed by atoms with Crippen molar-refractivity contribution >= 4 is 23.4 Å². The van der Waals surface area contributed by atoms with Crippen molar-refractivity contribution < 1.29 is 19.0 Å². The number of hydrogen-bond acceptors (Lipinski definition) is 7. The predicted octanol–water partition coefficient (Wildman–Crippen LogP) is 3.21. The number of fused-ring (bicyclic) bond motifs is 1. The van der Waals surface area contributed by atoms with Crippen molar-refractivity contribution in [3.8, 4) is 23.8 Å². The standard InChI is InChI=1S/C28H26N2O5S/c1-5-15-35-21-14-13-18(16-22(21)34-7-3)17-23-26(31)30-25(19-11-9-8-10-12-19)24(27(32)33-4)20(6-2)29-28(30)36-23/h1,8-14,16-17,25H,6-7,15H2,2-4H3/b23-17-/t25-/m1/s1. The molecule has 2 aromatic carbocycles. The van der Waals surface area contributed by atoms with Gasteiger partial charge in [0.2, 0.25) is 0 Å². The van der Waals surface area contributed by atoms with E-state index in [1.807, 2.05) is 50.2 Å². The molecule has 2 heterocycles. The summed E-state index contributed by atoms with van der Waals surface area (Å²) in [5.74, 6) is 3.02. The third-order valence-corrected chi connectivity index (χ3v) is 6.62. The summed E-state index contributed by atoms with van der Waals surface area (Å²) in [7, 11) is 1.34. The Morgan fingerprint density at radius 3 is 2.61 bits per heavy atom. The largest absolute Gasteiger partial charge is 0.490 e. The van der Waals surface area contributed by atoms with E-state index < -0.39 is 12.0 Å². The van der Waals surface area contributed by atoms with Crippen LogP contribution in [0.2, 0.25) is 0 Å². The SMILES string of the molecule is C#CCOc1ccc(/C=c2\sc3n(c2=O)[C@H](c2ccccc2)C(C(=O)OC)=C(CC)N=3)cc1OCC. The molecule has 1 aliphatic rings. The number of carbonyl (C=O) groups is 1. The number of esters is 1. The molecule has 0 saturated heterocycles. The number of thiazole rings is 1. The molecule has 0 N–H and O–H groups in total. The number of nitrogens with zero attached hydrogens (tertiary/aromatic N) is 2. The fraction of sp³-hybridized carbons (Fsp3) is 0.250. The van der Waals surface area contributed by atoms with Crippen LogP contribution in [0.3, 0.4) is 0 Å². The summed E-state index contributed by atoms with van der Waals surface area (Å²) in [6.45, 7) is 4.38. The Hall–Kier alpha value is -4.09. The monoisotopic (exact) mass is 502 g/mol. The lowest BCUT2D eigenvalue weighted by molar-refractivity contribution is -0.136. The Kier molecular flexibility index (Phi) is 7.71. The summed E-state index contributed by atoms with van der Waals surface area (Å²) in [6, 6.07) is 14.2. The lowest BCUT2D eigenvalue weighted by atomic mass is 9.95. The van der Waals surface area contributed by atoms with Crippen LogP contribution in [-0.4, -0.2) is 30.9 Å². The normalized spacial score (nSPS) is 15.1. The molecular formula is C28H26N2O5S. The molecule has 0 spiro atoms. The summed E-state index contributed by atoms with van der Waals surface area (Å²) in [5, 5.41) is 0. The highest BCUT2D eigenvalue weighted by atomic mass is 32.1. The van der Waals surface area contributed by atoms with Crippen LogP contribution in [0.4, 0.5) is 0 Å². The molecule has 0 saturated carbocycles.